The van der Waals surface area contributed by atoms with E-state index in [2.05, 4.69) is 0 Å². The SMILES string of the molecule is COc1ccc(OC)c(C(=O)COC(=O)C2CCN(C(=O)c3cccs3)CC2)c1. The number of benzene rings is 1. The Morgan fingerprint density at radius 3 is 2.48 bits per heavy atom. The predicted octanol–water partition coefficient (Wildman–Crippen LogP) is 3.04. The first-order chi connectivity index (χ1) is 14.0. The second kappa shape index (κ2) is 9.56. The second-order valence-electron chi connectivity index (χ2n) is 6.64. The van der Waals surface area contributed by atoms with Crippen LogP contribution in [0.5, 0.6) is 11.5 Å². The third-order valence-electron chi connectivity index (χ3n) is 4.90. The van der Waals surface area contributed by atoms with E-state index in [-0.39, 0.29) is 24.2 Å². The molecule has 2 heterocycles. The highest BCUT2D eigenvalue weighted by Crippen LogP contribution is 2.25. The number of ether oxygens (including phenoxy) is 3. The van der Waals surface area contributed by atoms with Crippen LogP contribution in [0.4, 0.5) is 0 Å². The van der Waals surface area contributed by atoms with Crippen LogP contribution in [-0.2, 0) is 9.53 Å². The van der Waals surface area contributed by atoms with E-state index < -0.39 is 5.97 Å². The van der Waals surface area contributed by atoms with Crippen LogP contribution < -0.4 is 9.47 Å². The fraction of sp³-hybridized carbons (Fsp3) is 0.381. The van der Waals surface area contributed by atoms with Gasteiger partial charge in [-0.3, -0.25) is 14.4 Å². The maximum absolute atomic E-state index is 12.5. The molecule has 1 aliphatic heterocycles. The molecule has 3 rings (SSSR count). The van der Waals surface area contributed by atoms with Crippen molar-refractivity contribution in [2.24, 2.45) is 5.92 Å². The molecule has 29 heavy (non-hydrogen) atoms. The number of hydrogen-bond acceptors (Lipinski definition) is 7. The third-order valence-corrected chi connectivity index (χ3v) is 5.76. The highest BCUT2D eigenvalue weighted by atomic mass is 32.1. The Labute approximate surface area is 173 Å². The number of hydrogen-bond donors (Lipinski definition) is 0. The Morgan fingerprint density at radius 1 is 1.10 bits per heavy atom. The number of piperidine rings is 1. The lowest BCUT2D eigenvalue weighted by Gasteiger charge is -2.30. The summed E-state index contributed by atoms with van der Waals surface area (Å²) in [6, 6.07) is 8.52. The lowest BCUT2D eigenvalue weighted by Crippen LogP contribution is -2.40. The summed E-state index contributed by atoms with van der Waals surface area (Å²) in [6.07, 6.45) is 1.04. The fourth-order valence-corrected chi connectivity index (χ4v) is 3.93. The molecule has 1 saturated heterocycles. The average molecular weight is 417 g/mol. The maximum atomic E-state index is 12.5. The summed E-state index contributed by atoms with van der Waals surface area (Å²) in [5, 5.41) is 1.87. The van der Waals surface area contributed by atoms with E-state index in [0.29, 0.717) is 47.9 Å². The molecule has 0 N–H and O–H groups in total. The van der Waals surface area contributed by atoms with Gasteiger partial charge in [0.05, 0.1) is 30.6 Å². The van der Waals surface area contributed by atoms with Gasteiger partial charge in [0.1, 0.15) is 11.5 Å². The van der Waals surface area contributed by atoms with Crippen molar-refractivity contribution in [1.82, 2.24) is 4.90 Å². The molecular weight excluding hydrogens is 394 g/mol. The lowest BCUT2D eigenvalue weighted by molar-refractivity contribution is -0.148. The van der Waals surface area contributed by atoms with Crippen molar-refractivity contribution in [1.29, 1.82) is 0 Å². The summed E-state index contributed by atoms with van der Waals surface area (Å²) in [6.45, 7) is 0.624. The van der Waals surface area contributed by atoms with E-state index in [9.17, 15) is 14.4 Å². The van der Waals surface area contributed by atoms with Crippen LogP contribution in [0.3, 0.4) is 0 Å². The van der Waals surface area contributed by atoms with E-state index in [0.717, 1.165) is 0 Å². The molecule has 8 heteroatoms. The normalized spacial score (nSPS) is 14.3. The van der Waals surface area contributed by atoms with Crippen LogP contribution >= 0.6 is 11.3 Å². The zero-order valence-electron chi connectivity index (χ0n) is 16.4. The van der Waals surface area contributed by atoms with Gasteiger partial charge in [-0.25, -0.2) is 0 Å². The number of esters is 1. The van der Waals surface area contributed by atoms with Gasteiger partial charge >= 0.3 is 5.97 Å². The van der Waals surface area contributed by atoms with Crippen molar-refractivity contribution in [3.05, 3.63) is 46.2 Å². The molecule has 154 valence electrons. The molecule has 0 unspecified atom stereocenters. The van der Waals surface area contributed by atoms with E-state index in [1.54, 1.807) is 29.2 Å². The van der Waals surface area contributed by atoms with Crippen LogP contribution in [0.1, 0.15) is 32.9 Å². The highest BCUT2D eigenvalue weighted by Gasteiger charge is 2.29. The van der Waals surface area contributed by atoms with Gasteiger partial charge < -0.3 is 19.1 Å². The number of methoxy groups -OCH3 is 2. The molecule has 1 aromatic carbocycles. The topological polar surface area (TPSA) is 82.1 Å². The van der Waals surface area contributed by atoms with Gasteiger partial charge in [0.2, 0.25) is 5.78 Å². The Kier molecular flexibility index (Phi) is 6.87. The smallest absolute Gasteiger partial charge is 0.309 e. The van der Waals surface area contributed by atoms with Gasteiger partial charge in [-0.15, -0.1) is 11.3 Å². The molecular formula is C21H23NO6S. The lowest BCUT2D eigenvalue weighted by atomic mass is 9.97. The van der Waals surface area contributed by atoms with Crippen LogP contribution in [0.2, 0.25) is 0 Å². The number of nitrogens with zero attached hydrogens (tertiary/aromatic N) is 1. The summed E-state index contributed by atoms with van der Waals surface area (Å²) in [5.74, 6) is -0.187. The largest absolute Gasteiger partial charge is 0.497 e. The van der Waals surface area contributed by atoms with Crippen molar-refractivity contribution < 1.29 is 28.6 Å². The molecule has 0 radical (unpaired) electrons. The molecule has 1 amide bonds. The van der Waals surface area contributed by atoms with Gasteiger partial charge in [0.15, 0.2) is 6.61 Å². The van der Waals surface area contributed by atoms with Crippen LogP contribution in [0.25, 0.3) is 0 Å². The van der Waals surface area contributed by atoms with Gasteiger partial charge in [-0.05, 0) is 42.5 Å². The van der Waals surface area contributed by atoms with Crippen molar-refractivity contribution in [2.75, 3.05) is 33.9 Å². The number of Topliss-reactive ketones (excluding diaryl/α,β-unsaturated/α-hetero) is 1. The van der Waals surface area contributed by atoms with Crippen molar-refractivity contribution in [2.45, 2.75) is 12.8 Å². The van der Waals surface area contributed by atoms with E-state index >= 15 is 0 Å². The van der Waals surface area contributed by atoms with Crippen LogP contribution in [0, 0.1) is 5.92 Å². The first kappa shape index (κ1) is 20.9. The zero-order valence-corrected chi connectivity index (χ0v) is 17.2. The monoisotopic (exact) mass is 417 g/mol. The van der Waals surface area contributed by atoms with E-state index in [1.165, 1.54) is 25.6 Å². The first-order valence-electron chi connectivity index (χ1n) is 9.28. The van der Waals surface area contributed by atoms with Crippen molar-refractivity contribution in [3.63, 3.8) is 0 Å². The number of carbonyl (C=O) groups excluding carboxylic acids is 3. The predicted molar refractivity (Wildman–Crippen MR) is 108 cm³/mol. The Morgan fingerprint density at radius 2 is 1.86 bits per heavy atom. The van der Waals surface area contributed by atoms with Gasteiger partial charge in [-0.2, -0.15) is 0 Å². The molecule has 0 saturated carbocycles. The molecule has 0 spiro atoms. The van der Waals surface area contributed by atoms with Gasteiger partial charge in [-0.1, -0.05) is 6.07 Å². The maximum Gasteiger partial charge on any atom is 0.309 e. The molecule has 1 fully saturated rings. The molecule has 7 nitrogen and oxygen atoms in total. The van der Waals surface area contributed by atoms with Crippen LogP contribution in [0.15, 0.2) is 35.7 Å². The van der Waals surface area contributed by atoms with Crippen molar-refractivity contribution in [3.8, 4) is 11.5 Å². The number of ketones is 1. The molecule has 0 atom stereocenters. The standard InChI is InChI=1S/C21H23NO6S/c1-26-15-5-6-18(27-2)16(12-15)17(23)13-28-21(25)14-7-9-22(10-8-14)20(24)19-4-3-11-29-19/h3-6,11-12,14H,7-10,13H2,1-2H3. The number of rotatable bonds is 7. The molecule has 2 aromatic rings. The Balaban J connectivity index is 1.51. The minimum atomic E-state index is -0.413. The molecule has 0 aliphatic carbocycles. The zero-order chi connectivity index (χ0) is 20.8. The fourth-order valence-electron chi connectivity index (χ4n) is 3.24. The highest BCUT2D eigenvalue weighted by molar-refractivity contribution is 7.12. The first-order valence-corrected chi connectivity index (χ1v) is 10.2. The van der Waals surface area contributed by atoms with E-state index in [1.807, 2.05) is 11.4 Å². The molecule has 1 aromatic heterocycles. The quantitative estimate of drug-likeness (QED) is 0.509. The number of likely N-dealkylation sites (tertiary alicyclic amines) is 1. The summed E-state index contributed by atoms with van der Waals surface area (Å²) >= 11 is 1.41. The third kappa shape index (κ3) is 4.95. The number of carbonyl (C=O) groups is 3. The minimum Gasteiger partial charge on any atom is -0.497 e. The summed E-state index contributed by atoms with van der Waals surface area (Å²) in [7, 11) is 2.97. The molecule has 0 bridgehead atoms. The van der Waals surface area contributed by atoms with Gasteiger partial charge in [0, 0.05) is 13.1 Å². The number of amides is 1. The Bertz CT molecular complexity index is 871. The van der Waals surface area contributed by atoms with Crippen molar-refractivity contribution >= 4 is 29.0 Å². The second-order valence-corrected chi connectivity index (χ2v) is 7.59. The minimum absolute atomic E-state index is 0.00730. The number of thiophene rings is 1. The Hall–Kier alpha value is -2.87. The van der Waals surface area contributed by atoms with Gasteiger partial charge in [0.25, 0.3) is 5.91 Å². The average Bonchev–Trinajstić information content (AvgIpc) is 3.31. The summed E-state index contributed by atoms with van der Waals surface area (Å²) < 4.78 is 15.6. The van der Waals surface area contributed by atoms with E-state index in [4.69, 9.17) is 14.2 Å². The summed E-state index contributed by atoms with van der Waals surface area (Å²) in [4.78, 5) is 39.7. The van der Waals surface area contributed by atoms with Crippen LogP contribution in [-0.4, -0.2) is 56.5 Å². The summed E-state index contributed by atoms with van der Waals surface area (Å²) in [5.41, 5.74) is 0.302. The molecule has 1 aliphatic rings.